The number of ether oxygens (including phenoxy) is 3. The summed E-state index contributed by atoms with van der Waals surface area (Å²) in [5.41, 5.74) is 0. The fraction of sp³-hybridized carbons (Fsp3) is 0.800. The quantitative estimate of drug-likeness (QED) is 0.594. The van der Waals surface area contributed by atoms with Gasteiger partial charge in [-0.05, 0) is 0 Å². The molecule has 0 unspecified atom stereocenters. The summed E-state index contributed by atoms with van der Waals surface area (Å²) >= 11 is 0. The van der Waals surface area contributed by atoms with Crippen LogP contribution in [0.4, 0.5) is 0 Å². The van der Waals surface area contributed by atoms with Gasteiger partial charge in [-0.15, -0.1) is 0 Å². The second-order valence-electron chi connectivity index (χ2n) is 2.93. The molecule has 0 saturated heterocycles. The van der Waals surface area contributed by atoms with Crippen LogP contribution in [0.25, 0.3) is 0 Å². The van der Waals surface area contributed by atoms with Gasteiger partial charge in [0.05, 0.1) is 0 Å². The van der Waals surface area contributed by atoms with Crippen LogP contribution in [0.1, 0.15) is 26.7 Å². The van der Waals surface area contributed by atoms with Crippen LogP contribution >= 0.6 is 0 Å². The first kappa shape index (κ1) is 13.9. The normalized spacial score (nSPS) is 10.1. The van der Waals surface area contributed by atoms with Crippen LogP contribution in [0.15, 0.2) is 0 Å². The minimum absolute atomic E-state index is 0.111. The zero-order valence-electron chi connectivity index (χ0n) is 9.45. The number of carbonyl (C=O) groups is 2. The largest absolute Gasteiger partial charge is 0.463 e. The summed E-state index contributed by atoms with van der Waals surface area (Å²) in [5.74, 6) is -0.585. The van der Waals surface area contributed by atoms with Gasteiger partial charge in [0.1, 0.15) is 19.3 Å². The Hall–Kier alpha value is -1.10. The summed E-state index contributed by atoms with van der Waals surface area (Å²) in [6.07, 6.45) is 0.257. The molecule has 0 aliphatic carbocycles. The molecule has 0 aromatic heterocycles. The SMILES string of the molecule is CCC(=O)OCC(COC(=O)CC)OC. The summed E-state index contributed by atoms with van der Waals surface area (Å²) in [6.45, 7) is 3.64. The third-order valence-electron chi connectivity index (χ3n) is 1.77. The zero-order chi connectivity index (χ0) is 11.7. The third-order valence-corrected chi connectivity index (χ3v) is 1.77. The Morgan fingerprint density at radius 1 is 1.00 bits per heavy atom. The fourth-order valence-electron chi connectivity index (χ4n) is 0.760. The molecule has 0 N–H and O–H groups in total. The maximum atomic E-state index is 10.8. The third kappa shape index (κ3) is 6.90. The van der Waals surface area contributed by atoms with Crippen LogP contribution in [0, 0.1) is 0 Å². The van der Waals surface area contributed by atoms with Gasteiger partial charge in [-0.3, -0.25) is 9.59 Å². The van der Waals surface area contributed by atoms with Crippen LogP contribution in [0.2, 0.25) is 0 Å². The molecule has 0 rings (SSSR count). The van der Waals surface area contributed by atoms with E-state index in [1.54, 1.807) is 13.8 Å². The number of hydrogen-bond acceptors (Lipinski definition) is 5. The summed E-state index contributed by atoms with van der Waals surface area (Å²) in [4.78, 5) is 21.7. The number of rotatable bonds is 7. The smallest absolute Gasteiger partial charge is 0.305 e. The van der Waals surface area contributed by atoms with E-state index < -0.39 is 6.10 Å². The van der Waals surface area contributed by atoms with E-state index in [1.807, 2.05) is 0 Å². The van der Waals surface area contributed by atoms with Gasteiger partial charge in [0.2, 0.25) is 0 Å². The first-order valence-electron chi connectivity index (χ1n) is 4.98. The van der Waals surface area contributed by atoms with Crippen LogP contribution < -0.4 is 0 Å². The minimum atomic E-state index is -0.393. The maximum Gasteiger partial charge on any atom is 0.305 e. The van der Waals surface area contributed by atoms with Crippen molar-refractivity contribution in [3.8, 4) is 0 Å². The number of hydrogen-bond donors (Lipinski definition) is 0. The maximum absolute atomic E-state index is 10.8. The van der Waals surface area contributed by atoms with Crippen molar-refractivity contribution in [1.82, 2.24) is 0 Å². The van der Waals surface area contributed by atoms with Gasteiger partial charge in [0.15, 0.2) is 0 Å². The Bertz CT molecular complexity index is 182. The van der Waals surface area contributed by atoms with E-state index in [-0.39, 0.29) is 25.2 Å². The van der Waals surface area contributed by atoms with E-state index in [2.05, 4.69) is 0 Å². The van der Waals surface area contributed by atoms with E-state index in [9.17, 15) is 9.59 Å². The van der Waals surface area contributed by atoms with E-state index in [4.69, 9.17) is 14.2 Å². The molecule has 0 aromatic carbocycles. The monoisotopic (exact) mass is 218 g/mol. The van der Waals surface area contributed by atoms with Crippen molar-refractivity contribution in [3.05, 3.63) is 0 Å². The number of methoxy groups -OCH3 is 1. The second-order valence-corrected chi connectivity index (χ2v) is 2.93. The standard InChI is InChI=1S/C10H18O5/c1-4-9(11)14-6-8(13-3)7-15-10(12)5-2/h8H,4-7H2,1-3H3. The number of carbonyl (C=O) groups excluding carboxylic acids is 2. The molecule has 0 saturated carbocycles. The first-order chi connectivity index (χ1) is 7.13. The van der Waals surface area contributed by atoms with Crippen LogP contribution in [0.3, 0.4) is 0 Å². The fourth-order valence-corrected chi connectivity index (χ4v) is 0.760. The average molecular weight is 218 g/mol. The highest BCUT2D eigenvalue weighted by Crippen LogP contribution is 1.96. The van der Waals surface area contributed by atoms with Gasteiger partial charge in [-0.25, -0.2) is 0 Å². The molecule has 15 heavy (non-hydrogen) atoms. The molecule has 0 aliphatic rings. The van der Waals surface area contributed by atoms with E-state index >= 15 is 0 Å². The molecular weight excluding hydrogens is 200 g/mol. The van der Waals surface area contributed by atoms with Crippen LogP contribution in [0.5, 0.6) is 0 Å². The molecular formula is C10H18O5. The van der Waals surface area contributed by atoms with Gasteiger partial charge >= 0.3 is 11.9 Å². The number of esters is 2. The van der Waals surface area contributed by atoms with Gasteiger partial charge in [0.25, 0.3) is 0 Å². The summed E-state index contributed by atoms with van der Waals surface area (Å²) in [5, 5.41) is 0. The minimum Gasteiger partial charge on any atom is -0.463 e. The average Bonchev–Trinajstić information content (AvgIpc) is 2.28. The van der Waals surface area contributed by atoms with E-state index in [0.29, 0.717) is 12.8 Å². The predicted molar refractivity (Wildman–Crippen MR) is 53.3 cm³/mol. The molecule has 0 amide bonds. The van der Waals surface area contributed by atoms with Crippen LogP contribution in [-0.4, -0.2) is 38.4 Å². The summed E-state index contributed by atoms with van der Waals surface area (Å²) in [6, 6.07) is 0. The van der Waals surface area contributed by atoms with Gasteiger partial charge < -0.3 is 14.2 Å². The molecule has 0 spiro atoms. The van der Waals surface area contributed by atoms with Crippen molar-refractivity contribution in [3.63, 3.8) is 0 Å². The molecule has 0 radical (unpaired) electrons. The van der Waals surface area contributed by atoms with Crippen molar-refractivity contribution in [2.45, 2.75) is 32.8 Å². The lowest BCUT2D eigenvalue weighted by Crippen LogP contribution is -2.27. The zero-order valence-corrected chi connectivity index (χ0v) is 9.45. The van der Waals surface area contributed by atoms with E-state index in [0.717, 1.165) is 0 Å². The Labute approximate surface area is 89.7 Å². The molecule has 0 aliphatic heterocycles. The van der Waals surface area contributed by atoms with Gasteiger partial charge in [-0.2, -0.15) is 0 Å². The molecule has 0 fully saturated rings. The predicted octanol–water partition coefficient (Wildman–Crippen LogP) is 0.908. The molecule has 0 bridgehead atoms. The topological polar surface area (TPSA) is 61.8 Å². The lowest BCUT2D eigenvalue weighted by molar-refractivity contribution is -0.153. The van der Waals surface area contributed by atoms with Gasteiger partial charge in [0, 0.05) is 20.0 Å². The van der Waals surface area contributed by atoms with Crippen molar-refractivity contribution in [1.29, 1.82) is 0 Å². The Morgan fingerprint density at radius 3 is 1.67 bits per heavy atom. The first-order valence-corrected chi connectivity index (χ1v) is 4.98. The molecule has 0 aromatic rings. The lowest BCUT2D eigenvalue weighted by atomic mass is 10.4. The van der Waals surface area contributed by atoms with E-state index in [1.165, 1.54) is 7.11 Å². The molecule has 0 atom stereocenters. The summed E-state index contributed by atoms with van der Waals surface area (Å²) in [7, 11) is 1.48. The van der Waals surface area contributed by atoms with Crippen molar-refractivity contribution >= 4 is 11.9 Å². The molecule has 5 nitrogen and oxygen atoms in total. The summed E-state index contributed by atoms with van der Waals surface area (Å²) < 4.78 is 14.7. The van der Waals surface area contributed by atoms with Crippen molar-refractivity contribution in [2.75, 3.05) is 20.3 Å². The highest BCUT2D eigenvalue weighted by molar-refractivity contribution is 5.69. The molecule has 88 valence electrons. The Balaban J connectivity index is 3.73. The lowest BCUT2D eigenvalue weighted by Gasteiger charge is -2.15. The second kappa shape index (κ2) is 8.23. The Morgan fingerprint density at radius 2 is 1.40 bits per heavy atom. The highest BCUT2D eigenvalue weighted by Gasteiger charge is 2.12. The highest BCUT2D eigenvalue weighted by atomic mass is 16.6. The Kier molecular flexibility index (Phi) is 7.62. The molecule has 5 heteroatoms. The molecule has 0 heterocycles. The van der Waals surface area contributed by atoms with Crippen molar-refractivity contribution < 1.29 is 23.8 Å². The van der Waals surface area contributed by atoms with Crippen molar-refractivity contribution in [2.24, 2.45) is 0 Å². The van der Waals surface area contributed by atoms with Gasteiger partial charge in [-0.1, -0.05) is 13.8 Å². The van der Waals surface area contributed by atoms with Crippen LogP contribution in [-0.2, 0) is 23.8 Å².